The summed E-state index contributed by atoms with van der Waals surface area (Å²) in [5.74, 6) is 0.579. The van der Waals surface area contributed by atoms with Crippen LogP contribution in [-0.4, -0.2) is 11.0 Å². The van der Waals surface area contributed by atoms with Gasteiger partial charge in [-0.1, -0.05) is 34.1 Å². The predicted octanol–water partition coefficient (Wildman–Crippen LogP) is 3.47. The molecule has 0 saturated heterocycles. The molecule has 0 aliphatic heterocycles. The number of benzene rings is 1. The summed E-state index contributed by atoms with van der Waals surface area (Å²) >= 11 is 3.37. The number of aryl methyl sites for hydroxylation is 1. The normalized spacial score (nSPS) is 10.0. The highest BCUT2D eigenvalue weighted by molar-refractivity contribution is 9.10. The first-order chi connectivity index (χ1) is 9.15. The lowest BCUT2D eigenvalue weighted by Gasteiger charge is -2.08. The molecule has 98 valence electrons. The van der Waals surface area contributed by atoms with E-state index in [1.165, 1.54) is 0 Å². The zero-order chi connectivity index (χ0) is 13.7. The Kier molecular flexibility index (Phi) is 4.52. The first kappa shape index (κ1) is 13.5. The predicted molar refractivity (Wildman–Crippen MR) is 79.0 cm³/mol. The second kappa shape index (κ2) is 6.33. The molecule has 4 nitrogen and oxygen atoms in total. The van der Waals surface area contributed by atoms with Crippen molar-refractivity contribution >= 4 is 27.8 Å². The van der Waals surface area contributed by atoms with Crippen LogP contribution in [0.4, 0.5) is 10.6 Å². The van der Waals surface area contributed by atoms with Crippen molar-refractivity contribution in [3.05, 3.63) is 58.2 Å². The average molecular weight is 320 g/mol. The molecule has 0 spiro atoms. The van der Waals surface area contributed by atoms with E-state index < -0.39 is 0 Å². The van der Waals surface area contributed by atoms with Gasteiger partial charge in [0.1, 0.15) is 5.82 Å². The molecule has 0 unspecified atom stereocenters. The molecule has 2 amide bonds. The number of halogens is 1. The van der Waals surface area contributed by atoms with Gasteiger partial charge in [-0.15, -0.1) is 0 Å². The maximum Gasteiger partial charge on any atom is 0.320 e. The van der Waals surface area contributed by atoms with E-state index in [4.69, 9.17) is 0 Å². The van der Waals surface area contributed by atoms with Crippen molar-refractivity contribution in [2.45, 2.75) is 13.5 Å². The van der Waals surface area contributed by atoms with Crippen LogP contribution in [0.3, 0.4) is 0 Å². The molecule has 2 aromatic rings. The molecule has 0 atom stereocenters. The number of amides is 2. The topological polar surface area (TPSA) is 54.0 Å². The Hall–Kier alpha value is -1.88. The third kappa shape index (κ3) is 4.06. The summed E-state index contributed by atoms with van der Waals surface area (Å²) in [4.78, 5) is 15.8. The quantitative estimate of drug-likeness (QED) is 0.910. The molecule has 2 rings (SSSR count). The largest absolute Gasteiger partial charge is 0.334 e. The molecular weight excluding hydrogens is 306 g/mol. The van der Waals surface area contributed by atoms with E-state index in [9.17, 15) is 4.79 Å². The number of hydrogen-bond donors (Lipinski definition) is 2. The van der Waals surface area contributed by atoms with E-state index >= 15 is 0 Å². The SMILES string of the molecule is Cc1cccnc1NC(=O)NCc1ccc(Br)cc1. The van der Waals surface area contributed by atoms with Crippen LogP contribution < -0.4 is 10.6 Å². The number of anilines is 1. The number of carbonyl (C=O) groups is 1. The van der Waals surface area contributed by atoms with E-state index in [0.29, 0.717) is 12.4 Å². The minimum Gasteiger partial charge on any atom is -0.334 e. The maximum atomic E-state index is 11.7. The van der Waals surface area contributed by atoms with Crippen molar-refractivity contribution in [3.8, 4) is 0 Å². The van der Waals surface area contributed by atoms with Crippen LogP contribution in [0.15, 0.2) is 47.1 Å². The number of rotatable bonds is 3. The zero-order valence-electron chi connectivity index (χ0n) is 10.5. The Morgan fingerprint density at radius 3 is 2.68 bits per heavy atom. The third-order valence-corrected chi connectivity index (χ3v) is 3.14. The molecule has 1 aromatic carbocycles. The summed E-state index contributed by atoms with van der Waals surface area (Å²) in [6, 6.07) is 11.3. The van der Waals surface area contributed by atoms with Crippen molar-refractivity contribution in [2.24, 2.45) is 0 Å². The number of nitrogens with zero attached hydrogens (tertiary/aromatic N) is 1. The lowest BCUT2D eigenvalue weighted by atomic mass is 10.2. The van der Waals surface area contributed by atoms with Gasteiger partial charge in [0.2, 0.25) is 0 Å². The number of nitrogens with one attached hydrogen (secondary N) is 2. The van der Waals surface area contributed by atoms with Gasteiger partial charge in [-0.3, -0.25) is 5.32 Å². The number of pyridine rings is 1. The fourth-order valence-electron chi connectivity index (χ4n) is 1.55. The highest BCUT2D eigenvalue weighted by atomic mass is 79.9. The van der Waals surface area contributed by atoms with Crippen molar-refractivity contribution in [3.63, 3.8) is 0 Å². The fourth-order valence-corrected chi connectivity index (χ4v) is 1.82. The van der Waals surface area contributed by atoms with E-state index in [1.807, 2.05) is 43.3 Å². The second-order valence-corrected chi connectivity index (χ2v) is 5.02. The average Bonchev–Trinajstić information content (AvgIpc) is 2.41. The van der Waals surface area contributed by atoms with Gasteiger partial charge in [0.15, 0.2) is 0 Å². The Labute approximate surface area is 120 Å². The van der Waals surface area contributed by atoms with Gasteiger partial charge in [0.25, 0.3) is 0 Å². The van der Waals surface area contributed by atoms with Gasteiger partial charge in [0.05, 0.1) is 0 Å². The summed E-state index contributed by atoms with van der Waals surface area (Å²) in [6.45, 7) is 2.38. The van der Waals surface area contributed by atoms with Crippen molar-refractivity contribution in [2.75, 3.05) is 5.32 Å². The molecule has 0 aliphatic carbocycles. The highest BCUT2D eigenvalue weighted by Crippen LogP contribution is 2.11. The first-order valence-electron chi connectivity index (χ1n) is 5.86. The van der Waals surface area contributed by atoms with E-state index in [1.54, 1.807) is 6.20 Å². The third-order valence-electron chi connectivity index (χ3n) is 2.61. The zero-order valence-corrected chi connectivity index (χ0v) is 12.1. The molecule has 0 aliphatic rings. The number of urea groups is 1. The van der Waals surface area contributed by atoms with Crippen LogP contribution >= 0.6 is 15.9 Å². The minimum atomic E-state index is -0.260. The molecular formula is C14H14BrN3O. The standard InChI is InChI=1S/C14H14BrN3O/c1-10-3-2-8-16-13(10)18-14(19)17-9-11-4-6-12(15)7-5-11/h2-8H,9H2,1H3,(H2,16,17,18,19). The smallest absolute Gasteiger partial charge is 0.320 e. The van der Waals surface area contributed by atoms with E-state index in [-0.39, 0.29) is 6.03 Å². The Balaban J connectivity index is 1.88. The van der Waals surface area contributed by atoms with Crippen molar-refractivity contribution in [1.82, 2.24) is 10.3 Å². The number of aromatic nitrogens is 1. The molecule has 19 heavy (non-hydrogen) atoms. The van der Waals surface area contributed by atoms with Gasteiger partial charge < -0.3 is 5.32 Å². The monoisotopic (exact) mass is 319 g/mol. The van der Waals surface area contributed by atoms with E-state index in [2.05, 4.69) is 31.5 Å². The van der Waals surface area contributed by atoms with Crippen LogP contribution in [-0.2, 0) is 6.54 Å². The first-order valence-corrected chi connectivity index (χ1v) is 6.65. The molecule has 1 heterocycles. The van der Waals surface area contributed by atoms with Crippen LogP contribution in [0.2, 0.25) is 0 Å². The molecule has 1 aromatic heterocycles. The number of hydrogen-bond acceptors (Lipinski definition) is 2. The second-order valence-electron chi connectivity index (χ2n) is 4.10. The lowest BCUT2D eigenvalue weighted by Crippen LogP contribution is -2.28. The van der Waals surface area contributed by atoms with Crippen LogP contribution in [0.25, 0.3) is 0 Å². The van der Waals surface area contributed by atoms with Crippen LogP contribution in [0.5, 0.6) is 0 Å². The summed E-state index contributed by atoms with van der Waals surface area (Å²) in [7, 11) is 0. The van der Waals surface area contributed by atoms with Crippen LogP contribution in [0.1, 0.15) is 11.1 Å². The molecule has 0 radical (unpaired) electrons. The lowest BCUT2D eigenvalue weighted by molar-refractivity contribution is 0.251. The molecule has 5 heteroatoms. The molecule has 2 N–H and O–H groups in total. The van der Waals surface area contributed by atoms with Gasteiger partial charge in [-0.05, 0) is 36.2 Å². The Morgan fingerprint density at radius 1 is 1.26 bits per heavy atom. The van der Waals surface area contributed by atoms with Gasteiger partial charge in [-0.25, -0.2) is 9.78 Å². The molecule has 0 saturated carbocycles. The van der Waals surface area contributed by atoms with Gasteiger partial charge in [-0.2, -0.15) is 0 Å². The van der Waals surface area contributed by atoms with Crippen molar-refractivity contribution < 1.29 is 4.79 Å². The van der Waals surface area contributed by atoms with E-state index in [0.717, 1.165) is 15.6 Å². The Bertz CT molecular complexity index is 569. The molecule has 0 fully saturated rings. The summed E-state index contributed by atoms with van der Waals surface area (Å²) in [6.07, 6.45) is 1.65. The van der Waals surface area contributed by atoms with Gasteiger partial charge in [0, 0.05) is 17.2 Å². The van der Waals surface area contributed by atoms with Crippen molar-refractivity contribution in [1.29, 1.82) is 0 Å². The van der Waals surface area contributed by atoms with Gasteiger partial charge >= 0.3 is 6.03 Å². The maximum absolute atomic E-state index is 11.7. The summed E-state index contributed by atoms with van der Waals surface area (Å²) < 4.78 is 1.02. The van der Waals surface area contributed by atoms with Crippen LogP contribution in [0, 0.1) is 6.92 Å². The minimum absolute atomic E-state index is 0.260. The highest BCUT2D eigenvalue weighted by Gasteiger charge is 2.04. The summed E-state index contributed by atoms with van der Waals surface area (Å²) in [5.41, 5.74) is 1.97. The Morgan fingerprint density at radius 2 is 2.00 bits per heavy atom. The fraction of sp³-hybridized carbons (Fsp3) is 0.143. The number of carbonyl (C=O) groups excluding carboxylic acids is 1. The molecule has 0 bridgehead atoms. The summed E-state index contributed by atoms with van der Waals surface area (Å²) in [5, 5.41) is 5.51.